The highest BCUT2D eigenvalue weighted by Gasteiger charge is 2.26. The van der Waals surface area contributed by atoms with Crippen LogP contribution in [0.5, 0.6) is 0 Å². The second-order valence-electron chi connectivity index (χ2n) is 8.74. The van der Waals surface area contributed by atoms with Gasteiger partial charge in [-0.15, -0.1) is 0 Å². The first-order valence-electron chi connectivity index (χ1n) is 9.97. The second kappa shape index (κ2) is 7.70. The maximum absolute atomic E-state index is 2.55. The zero-order valence-electron chi connectivity index (χ0n) is 17.0. The maximum Gasteiger partial charge on any atom is 0.0523 e. The van der Waals surface area contributed by atoms with Gasteiger partial charge in [-0.3, -0.25) is 0 Å². The molecule has 2 aliphatic rings. The van der Waals surface area contributed by atoms with E-state index in [1.165, 1.54) is 35.4 Å². The van der Waals surface area contributed by atoms with Crippen molar-refractivity contribution in [1.29, 1.82) is 0 Å². The highest BCUT2D eigenvalue weighted by Crippen LogP contribution is 2.37. The summed E-state index contributed by atoms with van der Waals surface area (Å²) < 4.78 is 0. The summed E-state index contributed by atoms with van der Waals surface area (Å²) in [6.45, 7) is 11.5. The van der Waals surface area contributed by atoms with Gasteiger partial charge in [0.2, 0.25) is 0 Å². The van der Waals surface area contributed by atoms with Crippen LogP contribution in [0.3, 0.4) is 0 Å². The first-order valence-corrected chi connectivity index (χ1v) is 9.97. The molecular weight excluding hydrogens is 314 g/mol. The summed E-state index contributed by atoms with van der Waals surface area (Å²) in [5, 5.41) is 0. The minimum atomic E-state index is 0.263. The molecule has 0 N–H and O–H groups in total. The minimum absolute atomic E-state index is 0.263. The van der Waals surface area contributed by atoms with Crippen molar-refractivity contribution in [3.05, 3.63) is 77.1 Å². The zero-order valence-corrected chi connectivity index (χ0v) is 17.0. The first-order chi connectivity index (χ1) is 12.4. The molecule has 0 spiro atoms. The third kappa shape index (κ3) is 4.20. The Morgan fingerprint density at radius 2 is 1.58 bits per heavy atom. The summed E-state index contributed by atoms with van der Waals surface area (Å²) in [6.07, 6.45) is 14.0. The largest absolute Gasteiger partial charge is 0.338 e. The van der Waals surface area contributed by atoms with Crippen LogP contribution in [0.4, 0.5) is 5.69 Å². The van der Waals surface area contributed by atoms with Crippen LogP contribution in [-0.2, 0) is 0 Å². The third-order valence-electron chi connectivity index (χ3n) is 5.75. The van der Waals surface area contributed by atoms with E-state index in [1.54, 1.807) is 5.57 Å². The van der Waals surface area contributed by atoms with Crippen LogP contribution in [-0.4, -0.2) is 6.04 Å². The van der Waals surface area contributed by atoms with Gasteiger partial charge in [-0.2, -0.15) is 0 Å². The standard InChI is InChI=1S/C25H33N/c1-19-11-13-21(14-12-19)20(2)26(23-9-7-6-8-10-23)24-17-15-22(16-18-24)25(3,4)5/h6-11,13,15,17,20H,12,14,16,18H2,1-5H3. The van der Waals surface area contributed by atoms with Gasteiger partial charge in [0.25, 0.3) is 0 Å². The number of para-hydroxylation sites is 1. The van der Waals surface area contributed by atoms with E-state index in [4.69, 9.17) is 0 Å². The van der Waals surface area contributed by atoms with Gasteiger partial charge in [0.05, 0.1) is 6.04 Å². The van der Waals surface area contributed by atoms with Crippen molar-refractivity contribution >= 4 is 5.69 Å². The van der Waals surface area contributed by atoms with Crippen molar-refractivity contribution in [2.45, 2.75) is 66.3 Å². The summed E-state index contributed by atoms with van der Waals surface area (Å²) in [5.74, 6) is 0. The molecule has 26 heavy (non-hydrogen) atoms. The van der Waals surface area contributed by atoms with Crippen LogP contribution in [0.15, 0.2) is 77.1 Å². The summed E-state index contributed by atoms with van der Waals surface area (Å²) in [4.78, 5) is 2.55. The van der Waals surface area contributed by atoms with Crippen LogP contribution < -0.4 is 4.90 Å². The van der Waals surface area contributed by atoms with Crippen LogP contribution in [0.25, 0.3) is 0 Å². The Bertz CT molecular complexity index is 753. The Morgan fingerprint density at radius 3 is 2.12 bits per heavy atom. The molecule has 0 amide bonds. The maximum atomic E-state index is 2.55. The molecule has 0 saturated carbocycles. The molecule has 1 aromatic rings. The SMILES string of the molecule is CC1=CC=C(C(C)N(C2=CC=C(C(C)(C)C)CC2)c2ccccc2)CC1. The van der Waals surface area contributed by atoms with Crippen LogP contribution in [0.2, 0.25) is 0 Å². The molecule has 0 aliphatic heterocycles. The quantitative estimate of drug-likeness (QED) is 0.556. The second-order valence-corrected chi connectivity index (χ2v) is 8.74. The molecule has 0 radical (unpaired) electrons. The molecule has 0 bridgehead atoms. The zero-order chi connectivity index (χ0) is 18.7. The smallest absolute Gasteiger partial charge is 0.0523 e. The lowest BCUT2D eigenvalue weighted by Crippen LogP contribution is -2.35. The number of benzene rings is 1. The predicted octanol–water partition coefficient (Wildman–Crippen LogP) is 7.20. The Hall–Kier alpha value is -2.02. The van der Waals surface area contributed by atoms with Gasteiger partial charge in [0.15, 0.2) is 0 Å². The van der Waals surface area contributed by atoms with Gasteiger partial charge in [0.1, 0.15) is 0 Å². The number of hydrogen-bond acceptors (Lipinski definition) is 1. The van der Waals surface area contributed by atoms with Crippen molar-refractivity contribution in [2.24, 2.45) is 5.41 Å². The predicted molar refractivity (Wildman–Crippen MR) is 114 cm³/mol. The Morgan fingerprint density at radius 1 is 0.846 bits per heavy atom. The summed E-state index contributed by atoms with van der Waals surface area (Å²) >= 11 is 0. The van der Waals surface area contributed by atoms with Gasteiger partial charge in [-0.1, -0.05) is 68.3 Å². The highest BCUT2D eigenvalue weighted by atomic mass is 15.2. The van der Waals surface area contributed by atoms with Crippen molar-refractivity contribution in [3.63, 3.8) is 0 Å². The van der Waals surface area contributed by atoms with Gasteiger partial charge < -0.3 is 4.90 Å². The van der Waals surface area contributed by atoms with Crippen molar-refractivity contribution < 1.29 is 0 Å². The molecular formula is C25H33N. The van der Waals surface area contributed by atoms with Gasteiger partial charge >= 0.3 is 0 Å². The Balaban J connectivity index is 1.95. The third-order valence-corrected chi connectivity index (χ3v) is 5.75. The van der Waals surface area contributed by atoms with E-state index in [0.29, 0.717) is 6.04 Å². The molecule has 2 aliphatic carbocycles. The van der Waals surface area contributed by atoms with Crippen molar-refractivity contribution in [3.8, 4) is 0 Å². The molecule has 0 heterocycles. The lowest BCUT2D eigenvalue weighted by atomic mass is 9.81. The van der Waals surface area contributed by atoms with E-state index in [1.807, 2.05) is 0 Å². The number of rotatable bonds is 4. The molecule has 1 aromatic carbocycles. The van der Waals surface area contributed by atoms with E-state index in [0.717, 1.165) is 12.8 Å². The van der Waals surface area contributed by atoms with Gasteiger partial charge in [0, 0.05) is 11.4 Å². The van der Waals surface area contributed by atoms with E-state index >= 15 is 0 Å². The molecule has 1 nitrogen and oxygen atoms in total. The van der Waals surface area contributed by atoms with Crippen molar-refractivity contribution in [2.75, 3.05) is 4.90 Å². The van der Waals surface area contributed by atoms with E-state index in [9.17, 15) is 0 Å². The lowest BCUT2D eigenvalue weighted by molar-refractivity contribution is 0.477. The summed E-state index contributed by atoms with van der Waals surface area (Å²) in [6, 6.07) is 11.3. The fourth-order valence-corrected chi connectivity index (χ4v) is 3.95. The fourth-order valence-electron chi connectivity index (χ4n) is 3.95. The normalized spacial score (nSPS) is 19.1. The van der Waals surface area contributed by atoms with Crippen LogP contribution >= 0.6 is 0 Å². The van der Waals surface area contributed by atoms with E-state index in [-0.39, 0.29) is 5.41 Å². The lowest BCUT2D eigenvalue weighted by Gasteiger charge is -2.38. The fraction of sp³-hybridized carbons (Fsp3) is 0.440. The van der Waals surface area contributed by atoms with Crippen LogP contribution in [0.1, 0.15) is 60.3 Å². The highest BCUT2D eigenvalue weighted by molar-refractivity contribution is 5.56. The van der Waals surface area contributed by atoms with E-state index < -0.39 is 0 Å². The molecule has 0 fully saturated rings. The van der Waals surface area contributed by atoms with E-state index in [2.05, 4.69) is 94.2 Å². The molecule has 1 heteroatoms. The monoisotopic (exact) mass is 347 g/mol. The van der Waals surface area contributed by atoms with Gasteiger partial charge in [-0.25, -0.2) is 0 Å². The molecule has 0 saturated heterocycles. The molecule has 0 aromatic heterocycles. The molecule has 3 rings (SSSR count). The molecule has 1 atom stereocenters. The average Bonchev–Trinajstić information content (AvgIpc) is 2.63. The summed E-state index contributed by atoms with van der Waals surface area (Å²) in [5.41, 5.74) is 7.57. The Kier molecular flexibility index (Phi) is 5.55. The minimum Gasteiger partial charge on any atom is -0.338 e. The first kappa shape index (κ1) is 18.8. The number of nitrogens with zero attached hydrogens (tertiary/aromatic N) is 1. The molecule has 1 unspecified atom stereocenters. The number of anilines is 1. The topological polar surface area (TPSA) is 3.24 Å². The number of allylic oxidation sites excluding steroid dienone is 7. The Labute approximate surface area is 159 Å². The summed E-state index contributed by atoms with van der Waals surface area (Å²) in [7, 11) is 0. The van der Waals surface area contributed by atoms with Crippen molar-refractivity contribution in [1.82, 2.24) is 0 Å². The van der Waals surface area contributed by atoms with Gasteiger partial charge in [-0.05, 0) is 68.7 Å². The molecule has 138 valence electrons. The average molecular weight is 348 g/mol. The number of hydrogen-bond donors (Lipinski definition) is 0. The van der Waals surface area contributed by atoms with Crippen LogP contribution in [0, 0.1) is 5.41 Å².